The smallest absolute Gasteiger partial charge is 0.335 e. The van der Waals surface area contributed by atoms with Crippen molar-refractivity contribution in [2.45, 2.75) is 32.1 Å². The minimum absolute atomic E-state index is 0.0833. The summed E-state index contributed by atoms with van der Waals surface area (Å²) in [4.78, 5) is 20.7. The van der Waals surface area contributed by atoms with Gasteiger partial charge in [-0.3, -0.25) is 0 Å². The van der Waals surface area contributed by atoms with Crippen LogP contribution in [0, 0.1) is 0 Å². The summed E-state index contributed by atoms with van der Waals surface area (Å²) in [6, 6.07) is 5.02. The highest BCUT2D eigenvalue weighted by Crippen LogP contribution is 2.24. The molecule has 6 nitrogen and oxygen atoms in total. The van der Waals surface area contributed by atoms with Gasteiger partial charge in [-0.15, -0.1) is 0 Å². The van der Waals surface area contributed by atoms with E-state index in [-0.39, 0.29) is 23.5 Å². The van der Waals surface area contributed by atoms with Crippen molar-refractivity contribution in [2.24, 2.45) is 0 Å². The Labute approximate surface area is 128 Å². The van der Waals surface area contributed by atoms with Gasteiger partial charge in [0.1, 0.15) is 12.4 Å². The van der Waals surface area contributed by atoms with Gasteiger partial charge in [0.2, 0.25) is 0 Å². The first-order chi connectivity index (χ1) is 10.5. The Bertz CT molecular complexity index is 503. The van der Waals surface area contributed by atoms with Gasteiger partial charge in [0.05, 0.1) is 11.1 Å². The number of carboxylic acid groups (broad SMARTS) is 2. The van der Waals surface area contributed by atoms with E-state index in [9.17, 15) is 9.59 Å². The summed E-state index contributed by atoms with van der Waals surface area (Å²) in [5.41, 5.74) is 1.23. The van der Waals surface area contributed by atoms with Gasteiger partial charge in [-0.2, -0.15) is 0 Å². The van der Waals surface area contributed by atoms with Crippen molar-refractivity contribution in [3.8, 4) is 0 Å². The molecule has 1 aromatic rings. The SMILES string of the molecule is O=C(O)c1ccc(C(=O)O)cc1.OCC(O)=C1CCCCC1. The Morgan fingerprint density at radius 2 is 1.23 bits per heavy atom. The van der Waals surface area contributed by atoms with Crippen molar-refractivity contribution >= 4 is 11.9 Å². The average molecular weight is 308 g/mol. The van der Waals surface area contributed by atoms with Gasteiger partial charge in [-0.1, -0.05) is 6.42 Å². The first-order valence-corrected chi connectivity index (χ1v) is 7.03. The summed E-state index contributed by atoms with van der Waals surface area (Å²) in [5, 5.41) is 34.6. The van der Waals surface area contributed by atoms with E-state index >= 15 is 0 Å². The zero-order valence-electron chi connectivity index (χ0n) is 12.2. The summed E-state index contributed by atoms with van der Waals surface area (Å²) < 4.78 is 0. The second-order valence-corrected chi connectivity index (χ2v) is 4.96. The van der Waals surface area contributed by atoms with Crippen molar-refractivity contribution in [1.82, 2.24) is 0 Å². The normalized spacial score (nSPS) is 13.8. The monoisotopic (exact) mass is 308 g/mol. The molecule has 0 unspecified atom stereocenters. The molecule has 0 bridgehead atoms. The van der Waals surface area contributed by atoms with Crippen LogP contribution in [0.5, 0.6) is 0 Å². The van der Waals surface area contributed by atoms with Gasteiger partial charge in [0, 0.05) is 0 Å². The van der Waals surface area contributed by atoms with Gasteiger partial charge in [0.15, 0.2) is 0 Å². The number of allylic oxidation sites excluding steroid dienone is 1. The summed E-state index contributed by atoms with van der Waals surface area (Å²) in [6.45, 7) is -0.185. The molecule has 0 amide bonds. The van der Waals surface area contributed by atoms with E-state index in [2.05, 4.69) is 0 Å². The van der Waals surface area contributed by atoms with Crippen molar-refractivity contribution in [2.75, 3.05) is 6.61 Å². The second-order valence-electron chi connectivity index (χ2n) is 4.96. The van der Waals surface area contributed by atoms with Gasteiger partial charge in [-0.05, 0) is 55.5 Å². The Hall–Kier alpha value is -2.34. The van der Waals surface area contributed by atoms with E-state index in [1.807, 2.05) is 0 Å². The van der Waals surface area contributed by atoms with Crippen molar-refractivity contribution < 1.29 is 30.0 Å². The molecule has 1 aliphatic carbocycles. The molecule has 4 N–H and O–H groups in total. The van der Waals surface area contributed by atoms with E-state index in [1.165, 1.54) is 43.5 Å². The topological polar surface area (TPSA) is 115 Å². The minimum Gasteiger partial charge on any atom is -0.510 e. The van der Waals surface area contributed by atoms with Crippen LogP contribution in [0.1, 0.15) is 52.8 Å². The Morgan fingerprint density at radius 3 is 1.55 bits per heavy atom. The summed E-state index contributed by atoms with van der Waals surface area (Å²) in [5.74, 6) is -1.92. The van der Waals surface area contributed by atoms with Crippen LogP contribution < -0.4 is 0 Å². The maximum atomic E-state index is 10.3. The third kappa shape index (κ3) is 5.57. The predicted molar refractivity (Wildman–Crippen MR) is 80.2 cm³/mol. The fourth-order valence-corrected chi connectivity index (χ4v) is 2.13. The molecule has 0 atom stereocenters. The predicted octanol–water partition coefficient (Wildman–Crippen LogP) is 2.84. The van der Waals surface area contributed by atoms with Crippen LogP contribution in [0.3, 0.4) is 0 Å². The minimum atomic E-state index is -1.06. The van der Waals surface area contributed by atoms with Crippen LogP contribution in [0.2, 0.25) is 0 Å². The summed E-state index contributed by atoms with van der Waals surface area (Å²) in [6.07, 6.45) is 5.56. The Kier molecular flexibility index (Phi) is 7.12. The molecule has 1 saturated carbocycles. The van der Waals surface area contributed by atoms with Crippen LogP contribution in [0.25, 0.3) is 0 Å². The molecule has 1 aliphatic rings. The molecule has 1 aromatic carbocycles. The number of aromatic carboxylic acids is 2. The largest absolute Gasteiger partial charge is 0.510 e. The molecule has 1 fully saturated rings. The molecule has 0 radical (unpaired) electrons. The van der Waals surface area contributed by atoms with Gasteiger partial charge in [0.25, 0.3) is 0 Å². The Balaban J connectivity index is 0.000000224. The highest BCUT2D eigenvalue weighted by Gasteiger charge is 2.09. The van der Waals surface area contributed by atoms with Crippen molar-refractivity contribution in [3.05, 3.63) is 46.7 Å². The lowest BCUT2D eigenvalue weighted by molar-refractivity contribution is 0.0681. The number of hydrogen-bond acceptors (Lipinski definition) is 4. The molecular weight excluding hydrogens is 288 g/mol. The van der Waals surface area contributed by atoms with Crippen molar-refractivity contribution in [1.29, 1.82) is 0 Å². The lowest BCUT2D eigenvalue weighted by atomic mass is 9.94. The zero-order chi connectivity index (χ0) is 16.5. The van der Waals surface area contributed by atoms with E-state index in [0.29, 0.717) is 0 Å². The summed E-state index contributed by atoms with van der Waals surface area (Å²) >= 11 is 0. The van der Waals surface area contributed by atoms with E-state index in [0.717, 1.165) is 18.4 Å². The average Bonchev–Trinajstić information content (AvgIpc) is 2.55. The fraction of sp³-hybridized carbons (Fsp3) is 0.375. The molecule has 0 aromatic heterocycles. The van der Waals surface area contributed by atoms with Crippen LogP contribution >= 0.6 is 0 Å². The molecule has 120 valence electrons. The molecule has 0 saturated heterocycles. The number of aliphatic hydroxyl groups is 2. The second kappa shape index (κ2) is 8.84. The first-order valence-electron chi connectivity index (χ1n) is 7.03. The molecule has 6 heteroatoms. The maximum absolute atomic E-state index is 10.3. The number of aliphatic hydroxyl groups excluding tert-OH is 2. The number of benzene rings is 1. The summed E-state index contributed by atoms with van der Waals surface area (Å²) in [7, 11) is 0. The van der Waals surface area contributed by atoms with E-state index in [4.69, 9.17) is 20.4 Å². The fourth-order valence-electron chi connectivity index (χ4n) is 2.13. The molecule has 22 heavy (non-hydrogen) atoms. The highest BCUT2D eigenvalue weighted by molar-refractivity contribution is 5.91. The standard InChI is InChI=1S/C8H6O4.C8H14O2/c9-7(10)5-1-2-6(4-3-5)8(11)12;9-6-8(10)7-4-2-1-3-5-7/h1-4H,(H,9,10)(H,11,12);9-10H,1-6H2. The number of rotatable bonds is 3. The van der Waals surface area contributed by atoms with Crippen molar-refractivity contribution in [3.63, 3.8) is 0 Å². The Morgan fingerprint density at radius 1 is 0.818 bits per heavy atom. The first kappa shape index (κ1) is 17.7. The van der Waals surface area contributed by atoms with Crippen LogP contribution in [0.4, 0.5) is 0 Å². The number of carboxylic acids is 2. The van der Waals surface area contributed by atoms with Crippen LogP contribution in [-0.4, -0.2) is 39.0 Å². The molecule has 2 rings (SSSR count). The quantitative estimate of drug-likeness (QED) is 0.638. The number of hydrogen-bond donors (Lipinski definition) is 4. The third-order valence-electron chi connectivity index (χ3n) is 3.39. The van der Waals surface area contributed by atoms with Crippen LogP contribution in [-0.2, 0) is 0 Å². The molecule has 0 heterocycles. The van der Waals surface area contributed by atoms with Gasteiger partial charge in [-0.25, -0.2) is 9.59 Å². The van der Waals surface area contributed by atoms with Crippen LogP contribution in [0.15, 0.2) is 35.6 Å². The maximum Gasteiger partial charge on any atom is 0.335 e. The van der Waals surface area contributed by atoms with Gasteiger partial charge >= 0.3 is 11.9 Å². The third-order valence-corrected chi connectivity index (χ3v) is 3.39. The lowest BCUT2D eigenvalue weighted by Crippen LogP contribution is -2.01. The highest BCUT2D eigenvalue weighted by atomic mass is 16.4. The number of carbonyl (C=O) groups is 2. The zero-order valence-corrected chi connectivity index (χ0v) is 12.2. The lowest BCUT2D eigenvalue weighted by Gasteiger charge is -2.14. The van der Waals surface area contributed by atoms with E-state index in [1.54, 1.807) is 0 Å². The van der Waals surface area contributed by atoms with Gasteiger partial charge < -0.3 is 20.4 Å². The molecule has 0 spiro atoms. The molecular formula is C16H20O6. The van der Waals surface area contributed by atoms with E-state index < -0.39 is 11.9 Å². The molecule has 0 aliphatic heterocycles.